The van der Waals surface area contributed by atoms with Crippen molar-refractivity contribution < 1.29 is 8.42 Å². The molecule has 0 bridgehead atoms. The van der Waals surface area contributed by atoms with E-state index in [4.69, 9.17) is 0 Å². The molecular weight excluding hydrogens is 322 g/mol. The van der Waals surface area contributed by atoms with Crippen LogP contribution in [0.5, 0.6) is 0 Å². The van der Waals surface area contributed by atoms with Gasteiger partial charge in [-0.1, -0.05) is 42.5 Å². The van der Waals surface area contributed by atoms with Crippen molar-refractivity contribution in [2.45, 2.75) is 4.90 Å². The number of hydrogen-bond donors (Lipinski definition) is 1. The number of anilines is 1. The van der Waals surface area contributed by atoms with E-state index < -0.39 is 10.0 Å². The first-order chi connectivity index (χ1) is 11.6. The first-order valence-electron chi connectivity index (χ1n) is 7.00. The Morgan fingerprint density at radius 3 is 2.08 bits per heavy atom. The highest BCUT2D eigenvalue weighted by molar-refractivity contribution is 7.92. The maximum atomic E-state index is 12.5. The van der Waals surface area contributed by atoms with Crippen molar-refractivity contribution in [2.24, 2.45) is 0 Å². The fourth-order valence-corrected chi connectivity index (χ4v) is 3.56. The van der Waals surface area contributed by atoms with Gasteiger partial charge in [-0.25, -0.2) is 8.42 Å². The van der Waals surface area contributed by atoms with Crippen LogP contribution in [0.1, 0.15) is 11.1 Å². The summed E-state index contributed by atoms with van der Waals surface area (Å²) in [6.07, 6.45) is 0. The predicted octanol–water partition coefficient (Wildman–Crippen LogP) is 3.38. The minimum atomic E-state index is -3.79. The Kier molecular flexibility index (Phi) is 3.91. The molecule has 0 amide bonds. The zero-order valence-electron chi connectivity index (χ0n) is 12.4. The average molecular weight is 333 g/mol. The van der Waals surface area contributed by atoms with Crippen LogP contribution in [-0.4, -0.2) is 8.42 Å². The molecule has 0 aromatic heterocycles. The van der Waals surface area contributed by atoms with Gasteiger partial charge in [-0.05, 0) is 18.2 Å². The van der Waals surface area contributed by atoms with Crippen molar-refractivity contribution in [3.8, 4) is 12.1 Å². The molecule has 0 saturated carbocycles. The van der Waals surface area contributed by atoms with Crippen LogP contribution in [0.2, 0.25) is 0 Å². The highest BCUT2D eigenvalue weighted by Gasteiger charge is 2.18. The molecule has 0 spiro atoms. The molecule has 0 saturated heterocycles. The van der Waals surface area contributed by atoms with E-state index in [-0.39, 0.29) is 21.7 Å². The molecule has 0 aliphatic heterocycles. The molecule has 5 nitrogen and oxygen atoms in total. The third-order valence-corrected chi connectivity index (χ3v) is 4.96. The molecule has 0 unspecified atom stereocenters. The van der Waals surface area contributed by atoms with Gasteiger partial charge in [0.1, 0.15) is 12.1 Å². The van der Waals surface area contributed by atoms with E-state index in [2.05, 4.69) is 4.72 Å². The normalized spacial score (nSPS) is 10.8. The van der Waals surface area contributed by atoms with Crippen LogP contribution in [0.15, 0.2) is 65.6 Å². The number of hydrogen-bond acceptors (Lipinski definition) is 4. The van der Waals surface area contributed by atoms with Crippen LogP contribution in [-0.2, 0) is 10.0 Å². The van der Waals surface area contributed by atoms with Crippen LogP contribution >= 0.6 is 0 Å². The number of nitrogens with zero attached hydrogens (tertiary/aromatic N) is 2. The lowest BCUT2D eigenvalue weighted by Gasteiger charge is -2.12. The van der Waals surface area contributed by atoms with Crippen LogP contribution in [0, 0.1) is 22.7 Å². The molecule has 3 rings (SSSR count). The lowest BCUT2D eigenvalue weighted by molar-refractivity contribution is 0.601. The largest absolute Gasteiger partial charge is 0.279 e. The van der Waals surface area contributed by atoms with Gasteiger partial charge in [0, 0.05) is 10.8 Å². The molecule has 0 radical (unpaired) electrons. The summed E-state index contributed by atoms with van der Waals surface area (Å²) in [5, 5.41) is 19.7. The van der Waals surface area contributed by atoms with Crippen molar-refractivity contribution in [1.82, 2.24) is 0 Å². The fourth-order valence-electron chi connectivity index (χ4n) is 2.47. The Balaban J connectivity index is 2.22. The molecule has 0 aliphatic carbocycles. The standard InChI is InChI=1S/C18H11N3O2S/c19-11-13-10-18(16-9-5-4-8-15(16)17(13)12-20)21-24(22,23)14-6-2-1-3-7-14/h1-10,21H. The predicted molar refractivity (Wildman–Crippen MR) is 90.6 cm³/mol. The van der Waals surface area contributed by atoms with E-state index in [9.17, 15) is 18.9 Å². The molecule has 116 valence electrons. The van der Waals surface area contributed by atoms with Gasteiger partial charge in [-0.2, -0.15) is 10.5 Å². The summed E-state index contributed by atoms with van der Waals surface area (Å²) < 4.78 is 27.6. The second-order valence-electron chi connectivity index (χ2n) is 5.03. The van der Waals surface area contributed by atoms with Crippen LogP contribution < -0.4 is 4.72 Å². The van der Waals surface area contributed by atoms with Gasteiger partial charge in [-0.3, -0.25) is 4.72 Å². The van der Waals surface area contributed by atoms with Crippen LogP contribution in [0.4, 0.5) is 5.69 Å². The van der Waals surface area contributed by atoms with E-state index in [1.807, 2.05) is 12.1 Å². The summed E-state index contributed by atoms with van der Waals surface area (Å²) in [4.78, 5) is 0.122. The number of rotatable bonds is 3. The number of nitrogens with one attached hydrogen (secondary N) is 1. The first kappa shape index (κ1) is 15.5. The van der Waals surface area contributed by atoms with E-state index >= 15 is 0 Å². The van der Waals surface area contributed by atoms with Crippen molar-refractivity contribution >= 4 is 26.5 Å². The van der Waals surface area contributed by atoms with Crippen LogP contribution in [0.25, 0.3) is 10.8 Å². The minimum Gasteiger partial charge on any atom is -0.279 e. The Morgan fingerprint density at radius 1 is 0.833 bits per heavy atom. The maximum Gasteiger partial charge on any atom is 0.261 e. The Bertz CT molecular complexity index is 1110. The highest BCUT2D eigenvalue weighted by atomic mass is 32.2. The molecule has 24 heavy (non-hydrogen) atoms. The van der Waals surface area contributed by atoms with Gasteiger partial charge < -0.3 is 0 Å². The number of nitriles is 2. The monoisotopic (exact) mass is 333 g/mol. The Labute approximate surface area is 139 Å². The van der Waals surface area contributed by atoms with Gasteiger partial charge in [-0.15, -0.1) is 0 Å². The summed E-state index contributed by atoms with van der Waals surface area (Å²) in [5.74, 6) is 0. The molecule has 0 heterocycles. The topological polar surface area (TPSA) is 93.8 Å². The molecule has 3 aromatic carbocycles. The second kappa shape index (κ2) is 6.04. The van der Waals surface area contributed by atoms with E-state index in [1.165, 1.54) is 18.2 Å². The molecule has 0 fully saturated rings. The fraction of sp³-hybridized carbons (Fsp3) is 0. The quantitative estimate of drug-likeness (QED) is 0.795. The molecule has 6 heteroatoms. The van der Waals surface area contributed by atoms with Crippen molar-refractivity contribution in [3.63, 3.8) is 0 Å². The lowest BCUT2D eigenvalue weighted by atomic mass is 9.99. The molecule has 1 N–H and O–H groups in total. The SMILES string of the molecule is N#Cc1cc(NS(=O)(=O)c2ccccc2)c2ccccc2c1C#N. The lowest BCUT2D eigenvalue weighted by Crippen LogP contribution is -2.13. The highest BCUT2D eigenvalue weighted by Crippen LogP contribution is 2.30. The zero-order chi connectivity index (χ0) is 17.2. The second-order valence-corrected chi connectivity index (χ2v) is 6.72. The third-order valence-electron chi connectivity index (χ3n) is 3.57. The summed E-state index contributed by atoms with van der Waals surface area (Å²) in [5.41, 5.74) is 0.628. The van der Waals surface area contributed by atoms with Gasteiger partial charge >= 0.3 is 0 Å². The van der Waals surface area contributed by atoms with Crippen LogP contribution in [0.3, 0.4) is 0 Å². The molecule has 0 aliphatic rings. The zero-order valence-corrected chi connectivity index (χ0v) is 13.2. The van der Waals surface area contributed by atoms with Crippen molar-refractivity contribution in [1.29, 1.82) is 10.5 Å². The number of benzene rings is 3. The number of fused-ring (bicyclic) bond motifs is 1. The summed E-state index contributed by atoms with van der Waals surface area (Å²) in [6.45, 7) is 0. The first-order valence-corrected chi connectivity index (χ1v) is 8.49. The van der Waals surface area contributed by atoms with Gasteiger partial charge in [0.25, 0.3) is 10.0 Å². The smallest absolute Gasteiger partial charge is 0.261 e. The average Bonchev–Trinajstić information content (AvgIpc) is 2.62. The van der Waals surface area contributed by atoms with E-state index in [0.717, 1.165) is 0 Å². The summed E-state index contributed by atoms with van der Waals surface area (Å²) in [7, 11) is -3.79. The summed E-state index contributed by atoms with van der Waals surface area (Å²) in [6, 6.07) is 20.2. The van der Waals surface area contributed by atoms with Crippen molar-refractivity contribution in [2.75, 3.05) is 4.72 Å². The Morgan fingerprint density at radius 2 is 1.46 bits per heavy atom. The van der Waals surface area contributed by atoms with Gasteiger partial charge in [0.2, 0.25) is 0 Å². The molecular formula is C18H11N3O2S. The van der Waals surface area contributed by atoms with Gasteiger partial charge in [0.05, 0.1) is 21.7 Å². The number of sulfonamides is 1. The summed E-state index contributed by atoms with van der Waals surface area (Å²) >= 11 is 0. The van der Waals surface area contributed by atoms with E-state index in [0.29, 0.717) is 10.8 Å². The minimum absolute atomic E-state index is 0.122. The molecule has 3 aromatic rings. The maximum absolute atomic E-state index is 12.5. The van der Waals surface area contributed by atoms with E-state index in [1.54, 1.807) is 42.5 Å². The molecule has 0 atom stereocenters. The van der Waals surface area contributed by atoms with Gasteiger partial charge in [0.15, 0.2) is 0 Å². The Hall–Kier alpha value is -3.35. The van der Waals surface area contributed by atoms with Crippen molar-refractivity contribution in [3.05, 3.63) is 71.8 Å². The third kappa shape index (κ3) is 2.67.